The van der Waals surface area contributed by atoms with Crippen LogP contribution in [0, 0.1) is 5.41 Å². The zero-order chi connectivity index (χ0) is 14.0. The minimum atomic E-state index is -0.898. The molecule has 0 radical (unpaired) electrons. The van der Waals surface area contributed by atoms with Crippen LogP contribution < -0.4 is 0 Å². The van der Waals surface area contributed by atoms with Crippen molar-refractivity contribution in [3.8, 4) is 0 Å². The van der Waals surface area contributed by atoms with Crippen LogP contribution >= 0.6 is 0 Å². The van der Waals surface area contributed by atoms with Crippen LogP contribution in [0.1, 0.15) is 46.0 Å². The molecule has 5 nitrogen and oxygen atoms in total. The SMILES string of the molecule is CC1(C)CCCN(C(=O)CC2CCCO2)C1C(=O)O. The number of piperidine rings is 1. The van der Waals surface area contributed by atoms with Gasteiger partial charge in [0.25, 0.3) is 0 Å². The second kappa shape index (κ2) is 5.49. The third-order valence-electron chi connectivity index (χ3n) is 4.25. The van der Waals surface area contributed by atoms with E-state index < -0.39 is 12.0 Å². The highest BCUT2D eigenvalue weighted by atomic mass is 16.5. The lowest BCUT2D eigenvalue weighted by atomic mass is 9.76. The molecule has 1 amide bonds. The van der Waals surface area contributed by atoms with Crippen LogP contribution in [0.4, 0.5) is 0 Å². The Balaban J connectivity index is 2.07. The van der Waals surface area contributed by atoms with E-state index in [4.69, 9.17) is 4.74 Å². The molecule has 2 fully saturated rings. The molecule has 0 aromatic rings. The molecule has 2 atom stereocenters. The van der Waals surface area contributed by atoms with Gasteiger partial charge in [0.15, 0.2) is 0 Å². The summed E-state index contributed by atoms with van der Waals surface area (Å²) in [4.78, 5) is 25.4. The molecule has 2 saturated heterocycles. The first-order valence-electron chi connectivity index (χ1n) is 7.06. The Morgan fingerprint density at radius 3 is 2.68 bits per heavy atom. The van der Waals surface area contributed by atoms with E-state index in [2.05, 4.69) is 0 Å². The number of carboxylic acid groups (broad SMARTS) is 1. The second-order valence-electron chi connectivity index (χ2n) is 6.26. The first-order valence-corrected chi connectivity index (χ1v) is 7.06. The van der Waals surface area contributed by atoms with Crippen LogP contribution in [0.2, 0.25) is 0 Å². The third kappa shape index (κ3) is 3.08. The lowest BCUT2D eigenvalue weighted by Crippen LogP contribution is -2.56. The smallest absolute Gasteiger partial charge is 0.326 e. The summed E-state index contributed by atoms with van der Waals surface area (Å²) in [6.07, 6.45) is 3.90. The monoisotopic (exact) mass is 269 g/mol. The third-order valence-corrected chi connectivity index (χ3v) is 4.25. The van der Waals surface area contributed by atoms with Gasteiger partial charge in [-0.15, -0.1) is 0 Å². The molecule has 0 bridgehead atoms. The first-order chi connectivity index (χ1) is 8.92. The van der Waals surface area contributed by atoms with Crippen molar-refractivity contribution >= 4 is 11.9 Å². The number of carbonyl (C=O) groups is 2. The zero-order valence-electron chi connectivity index (χ0n) is 11.7. The number of nitrogens with zero attached hydrogens (tertiary/aromatic N) is 1. The molecular formula is C14H23NO4. The van der Waals surface area contributed by atoms with E-state index in [1.165, 1.54) is 0 Å². The second-order valence-corrected chi connectivity index (χ2v) is 6.26. The number of carbonyl (C=O) groups excluding carboxylic acids is 1. The van der Waals surface area contributed by atoms with E-state index in [0.717, 1.165) is 25.7 Å². The number of carboxylic acids is 1. The van der Waals surface area contributed by atoms with Crippen molar-refractivity contribution in [3.05, 3.63) is 0 Å². The number of aliphatic carboxylic acids is 1. The highest BCUT2D eigenvalue weighted by molar-refractivity contribution is 5.84. The quantitative estimate of drug-likeness (QED) is 0.846. The van der Waals surface area contributed by atoms with Crippen molar-refractivity contribution in [3.63, 3.8) is 0 Å². The van der Waals surface area contributed by atoms with Crippen molar-refractivity contribution < 1.29 is 19.4 Å². The van der Waals surface area contributed by atoms with Crippen LogP contribution in [-0.4, -0.2) is 47.2 Å². The maximum absolute atomic E-state index is 12.3. The Morgan fingerprint density at radius 2 is 2.11 bits per heavy atom. The maximum Gasteiger partial charge on any atom is 0.326 e. The molecule has 2 aliphatic rings. The summed E-state index contributed by atoms with van der Waals surface area (Å²) in [5, 5.41) is 9.43. The topological polar surface area (TPSA) is 66.8 Å². The molecule has 108 valence electrons. The molecule has 2 aliphatic heterocycles. The summed E-state index contributed by atoms with van der Waals surface area (Å²) < 4.78 is 5.47. The van der Waals surface area contributed by atoms with Crippen LogP contribution in [-0.2, 0) is 14.3 Å². The normalized spacial score (nSPS) is 30.3. The molecule has 2 heterocycles. The van der Waals surface area contributed by atoms with Gasteiger partial charge in [-0.2, -0.15) is 0 Å². The fourth-order valence-electron chi connectivity index (χ4n) is 3.25. The van der Waals surface area contributed by atoms with Gasteiger partial charge >= 0.3 is 5.97 Å². The van der Waals surface area contributed by atoms with Crippen molar-refractivity contribution in [2.24, 2.45) is 5.41 Å². The predicted octanol–water partition coefficient (Wildman–Crippen LogP) is 1.66. The van der Waals surface area contributed by atoms with E-state index in [9.17, 15) is 14.7 Å². The number of hydrogen-bond donors (Lipinski definition) is 1. The largest absolute Gasteiger partial charge is 0.480 e. The Kier molecular flexibility index (Phi) is 4.13. The van der Waals surface area contributed by atoms with Crippen molar-refractivity contribution in [1.29, 1.82) is 0 Å². The summed E-state index contributed by atoms with van der Waals surface area (Å²) in [5.41, 5.74) is -0.365. The number of likely N-dealkylation sites (tertiary alicyclic amines) is 1. The van der Waals surface area contributed by atoms with E-state index in [0.29, 0.717) is 19.6 Å². The van der Waals surface area contributed by atoms with Gasteiger partial charge in [-0.3, -0.25) is 4.79 Å². The number of rotatable bonds is 3. The molecule has 0 saturated carbocycles. The molecular weight excluding hydrogens is 246 g/mol. The Labute approximate surface area is 113 Å². The van der Waals surface area contributed by atoms with Crippen molar-refractivity contribution in [2.75, 3.05) is 13.2 Å². The highest BCUT2D eigenvalue weighted by Gasteiger charge is 2.44. The van der Waals surface area contributed by atoms with Gasteiger partial charge in [0.2, 0.25) is 5.91 Å². The average Bonchev–Trinajstić information content (AvgIpc) is 2.79. The number of ether oxygens (including phenoxy) is 1. The van der Waals surface area contributed by atoms with Crippen LogP contribution in [0.15, 0.2) is 0 Å². The number of hydrogen-bond acceptors (Lipinski definition) is 3. The van der Waals surface area contributed by atoms with E-state index in [1.54, 1.807) is 4.90 Å². The van der Waals surface area contributed by atoms with Crippen LogP contribution in [0.3, 0.4) is 0 Å². The predicted molar refractivity (Wildman–Crippen MR) is 69.7 cm³/mol. The summed E-state index contributed by atoms with van der Waals surface area (Å²) >= 11 is 0. The molecule has 2 unspecified atom stereocenters. The lowest BCUT2D eigenvalue weighted by Gasteiger charge is -2.44. The maximum atomic E-state index is 12.3. The molecule has 0 aromatic carbocycles. The van der Waals surface area contributed by atoms with E-state index >= 15 is 0 Å². The van der Waals surface area contributed by atoms with Gasteiger partial charge in [0.1, 0.15) is 6.04 Å². The summed E-state index contributed by atoms with van der Waals surface area (Å²) in [6.45, 7) is 5.12. The standard InChI is InChI=1S/C14H23NO4/c1-14(2)6-4-7-15(12(14)13(17)18)11(16)9-10-5-3-8-19-10/h10,12H,3-9H2,1-2H3,(H,17,18). The first kappa shape index (κ1) is 14.3. The van der Waals surface area contributed by atoms with Crippen LogP contribution in [0.5, 0.6) is 0 Å². The van der Waals surface area contributed by atoms with E-state index in [1.807, 2.05) is 13.8 Å². The molecule has 0 aromatic heterocycles. The molecule has 5 heteroatoms. The van der Waals surface area contributed by atoms with Gasteiger partial charge < -0.3 is 14.7 Å². The molecule has 0 spiro atoms. The summed E-state index contributed by atoms with van der Waals surface area (Å²) in [6, 6.07) is -0.713. The molecule has 0 aliphatic carbocycles. The van der Waals surface area contributed by atoms with Gasteiger partial charge in [-0.05, 0) is 31.1 Å². The minimum absolute atomic E-state index is 0.0213. The molecule has 1 N–H and O–H groups in total. The van der Waals surface area contributed by atoms with Crippen molar-refractivity contribution in [2.45, 2.75) is 58.1 Å². The zero-order valence-corrected chi connectivity index (χ0v) is 11.7. The Morgan fingerprint density at radius 1 is 1.37 bits per heavy atom. The van der Waals surface area contributed by atoms with E-state index in [-0.39, 0.29) is 17.4 Å². The average molecular weight is 269 g/mol. The fourth-order valence-corrected chi connectivity index (χ4v) is 3.25. The summed E-state index contributed by atoms with van der Waals surface area (Å²) in [7, 11) is 0. The molecule has 19 heavy (non-hydrogen) atoms. The van der Waals surface area contributed by atoms with Gasteiger partial charge in [-0.1, -0.05) is 13.8 Å². The number of amides is 1. The van der Waals surface area contributed by atoms with Gasteiger partial charge in [0.05, 0.1) is 12.5 Å². The molecule has 2 rings (SSSR count). The Hall–Kier alpha value is -1.10. The minimum Gasteiger partial charge on any atom is -0.480 e. The van der Waals surface area contributed by atoms with Gasteiger partial charge in [0, 0.05) is 13.2 Å². The van der Waals surface area contributed by atoms with Gasteiger partial charge in [-0.25, -0.2) is 4.79 Å². The fraction of sp³-hybridized carbons (Fsp3) is 0.857. The summed E-state index contributed by atoms with van der Waals surface area (Å²) in [5.74, 6) is -0.975. The lowest BCUT2D eigenvalue weighted by molar-refractivity contribution is -0.159. The van der Waals surface area contributed by atoms with Crippen molar-refractivity contribution in [1.82, 2.24) is 4.90 Å². The highest BCUT2D eigenvalue weighted by Crippen LogP contribution is 2.36. The van der Waals surface area contributed by atoms with Crippen LogP contribution in [0.25, 0.3) is 0 Å². The Bertz CT molecular complexity index is 360.